The molecule has 168 valence electrons. The summed E-state index contributed by atoms with van der Waals surface area (Å²) < 4.78 is 32.5. The lowest BCUT2D eigenvalue weighted by Crippen LogP contribution is -2.44. The van der Waals surface area contributed by atoms with Gasteiger partial charge < -0.3 is 10.1 Å². The quantitative estimate of drug-likeness (QED) is 0.672. The fourth-order valence-corrected chi connectivity index (χ4v) is 5.67. The molecule has 0 aliphatic carbocycles. The van der Waals surface area contributed by atoms with Gasteiger partial charge in [-0.25, -0.2) is 12.7 Å². The van der Waals surface area contributed by atoms with Gasteiger partial charge >= 0.3 is 0 Å². The van der Waals surface area contributed by atoms with Crippen LogP contribution in [0.2, 0.25) is 0 Å². The molecule has 1 N–H and O–H groups in total. The van der Waals surface area contributed by atoms with Crippen molar-refractivity contribution in [2.75, 3.05) is 20.2 Å². The van der Waals surface area contributed by atoms with E-state index in [1.165, 1.54) is 4.31 Å². The number of rotatable bonds is 8. The van der Waals surface area contributed by atoms with Crippen LogP contribution in [0.1, 0.15) is 48.9 Å². The molecule has 1 heterocycles. The van der Waals surface area contributed by atoms with Crippen molar-refractivity contribution in [3.8, 4) is 5.75 Å². The zero-order chi connectivity index (χ0) is 22.4. The SMILES string of the molecule is CC[C@H](NC(=O)C1CCN(S(=O)(=O)Cc2ccccc2C)CC1)c1ccc(OC)cc1. The number of carbonyl (C=O) groups is 1. The first-order valence-corrected chi connectivity index (χ1v) is 12.4. The Morgan fingerprint density at radius 1 is 1.13 bits per heavy atom. The molecule has 2 aromatic rings. The van der Waals surface area contributed by atoms with Gasteiger partial charge in [-0.3, -0.25) is 4.79 Å². The maximum atomic E-state index is 12.9. The third-order valence-electron chi connectivity index (χ3n) is 6.06. The van der Waals surface area contributed by atoms with Crippen molar-refractivity contribution >= 4 is 15.9 Å². The van der Waals surface area contributed by atoms with Gasteiger partial charge in [0.2, 0.25) is 15.9 Å². The minimum Gasteiger partial charge on any atom is -0.497 e. The minimum absolute atomic E-state index is 0.00128. The Morgan fingerprint density at radius 3 is 2.35 bits per heavy atom. The van der Waals surface area contributed by atoms with E-state index in [1.807, 2.05) is 62.4 Å². The van der Waals surface area contributed by atoms with E-state index < -0.39 is 10.0 Å². The van der Waals surface area contributed by atoms with E-state index in [0.29, 0.717) is 25.9 Å². The number of carbonyl (C=O) groups excluding carboxylic acids is 1. The van der Waals surface area contributed by atoms with E-state index in [-0.39, 0.29) is 23.6 Å². The molecule has 1 aliphatic heterocycles. The molecule has 0 aromatic heterocycles. The molecule has 0 bridgehead atoms. The van der Waals surface area contributed by atoms with Crippen molar-refractivity contribution < 1.29 is 17.9 Å². The molecule has 0 radical (unpaired) electrons. The molecule has 0 saturated carbocycles. The number of hydrogen-bond acceptors (Lipinski definition) is 4. The highest BCUT2D eigenvalue weighted by Gasteiger charge is 2.32. The maximum absolute atomic E-state index is 12.9. The van der Waals surface area contributed by atoms with Crippen LogP contribution in [-0.2, 0) is 20.6 Å². The minimum atomic E-state index is -3.40. The van der Waals surface area contributed by atoms with Gasteiger partial charge in [0.1, 0.15) is 5.75 Å². The first-order valence-electron chi connectivity index (χ1n) is 10.8. The summed E-state index contributed by atoms with van der Waals surface area (Å²) in [5.41, 5.74) is 2.84. The summed E-state index contributed by atoms with van der Waals surface area (Å²) in [5, 5.41) is 3.14. The zero-order valence-corrected chi connectivity index (χ0v) is 19.3. The molecular weight excluding hydrogens is 412 g/mol. The van der Waals surface area contributed by atoms with Crippen LogP contribution in [0.5, 0.6) is 5.75 Å². The van der Waals surface area contributed by atoms with Gasteiger partial charge in [-0.1, -0.05) is 43.3 Å². The molecule has 1 amide bonds. The number of sulfonamides is 1. The molecule has 0 spiro atoms. The molecular formula is C24H32N2O4S. The van der Waals surface area contributed by atoms with E-state index in [2.05, 4.69) is 5.32 Å². The Bertz CT molecular complexity index is 981. The summed E-state index contributed by atoms with van der Waals surface area (Å²) in [5.74, 6) is 0.617. The summed E-state index contributed by atoms with van der Waals surface area (Å²) in [6, 6.07) is 15.2. The van der Waals surface area contributed by atoms with E-state index in [0.717, 1.165) is 28.9 Å². The van der Waals surface area contributed by atoms with Gasteiger partial charge in [-0.05, 0) is 55.0 Å². The molecule has 6 nitrogen and oxygen atoms in total. The molecule has 1 fully saturated rings. The summed E-state index contributed by atoms with van der Waals surface area (Å²) in [6.45, 7) is 4.72. The number of benzene rings is 2. The van der Waals surface area contributed by atoms with E-state index >= 15 is 0 Å². The summed E-state index contributed by atoms with van der Waals surface area (Å²) >= 11 is 0. The van der Waals surface area contributed by atoms with Crippen molar-refractivity contribution in [1.29, 1.82) is 0 Å². The fourth-order valence-electron chi connectivity index (χ4n) is 4.00. The second kappa shape index (κ2) is 10.3. The Balaban J connectivity index is 1.56. The van der Waals surface area contributed by atoms with Gasteiger partial charge in [0.15, 0.2) is 0 Å². The normalized spacial score (nSPS) is 16.6. The van der Waals surface area contributed by atoms with Crippen LogP contribution in [0.15, 0.2) is 48.5 Å². The average molecular weight is 445 g/mol. The molecule has 0 unspecified atom stereocenters. The summed E-state index contributed by atoms with van der Waals surface area (Å²) in [6.07, 6.45) is 1.86. The number of amides is 1. The predicted molar refractivity (Wildman–Crippen MR) is 122 cm³/mol. The Labute approximate surface area is 185 Å². The predicted octanol–water partition coefficient (Wildman–Crippen LogP) is 3.81. The Hall–Kier alpha value is -2.38. The first-order chi connectivity index (χ1) is 14.8. The van der Waals surface area contributed by atoms with Crippen LogP contribution in [0.4, 0.5) is 0 Å². The summed E-state index contributed by atoms with van der Waals surface area (Å²) in [4.78, 5) is 12.9. The molecule has 31 heavy (non-hydrogen) atoms. The van der Waals surface area contributed by atoms with Crippen molar-refractivity contribution in [2.45, 2.75) is 44.9 Å². The Morgan fingerprint density at radius 2 is 1.77 bits per heavy atom. The molecule has 2 aromatic carbocycles. The standard InChI is InChI=1S/C24H32N2O4S/c1-4-23(19-9-11-22(30-3)12-10-19)25-24(27)20-13-15-26(16-14-20)31(28,29)17-21-8-6-5-7-18(21)2/h5-12,20,23H,4,13-17H2,1-3H3,(H,25,27)/t23-/m0/s1. The third-order valence-corrected chi connectivity index (χ3v) is 7.89. The van der Waals surface area contributed by atoms with Gasteiger partial charge in [0, 0.05) is 19.0 Å². The lowest BCUT2D eigenvalue weighted by atomic mass is 9.95. The second-order valence-electron chi connectivity index (χ2n) is 8.10. The van der Waals surface area contributed by atoms with Gasteiger partial charge in [0.25, 0.3) is 0 Å². The van der Waals surface area contributed by atoms with Gasteiger partial charge in [-0.2, -0.15) is 0 Å². The summed E-state index contributed by atoms with van der Waals surface area (Å²) in [7, 11) is -1.77. The number of ether oxygens (including phenoxy) is 1. The number of nitrogens with zero attached hydrogens (tertiary/aromatic N) is 1. The fraction of sp³-hybridized carbons (Fsp3) is 0.458. The highest BCUT2D eigenvalue weighted by molar-refractivity contribution is 7.88. The van der Waals surface area contributed by atoms with Crippen molar-refractivity contribution in [3.63, 3.8) is 0 Å². The van der Waals surface area contributed by atoms with E-state index in [4.69, 9.17) is 4.74 Å². The smallest absolute Gasteiger partial charge is 0.223 e. The maximum Gasteiger partial charge on any atom is 0.223 e. The van der Waals surface area contributed by atoms with Crippen LogP contribution in [0.3, 0.4) is 0 Å². The Kier molecular flexibility index (Phi) is 7.73. The van der Waals surface area contributed by atoms with Crippen molar-refractivity contribution in [1.82, 2.24) is 9.62 Å². The van der Waals surface area contributed by atoms with Crippen LogP contribution in [-0.4, -0.2) is 38.8 Å². The highest BCUT2D eigenvalue weighted by atomic mass is 32.2. The van der Waals surface area contributed by atoms with Crippen LogP contribution in [0.25, 0.3) is 0 Å². The van der Waals surface area contributed by atoms with E-state index in [9.17, 15) is 13.2 Å². The highest BCUT2D eigenvalue weighted by Crippen LogP contribution is 2.25. The monoisotopic (exact) mass is 444 g/mol. The van der Waals surface area contributed by atoms with Crippen molar-refractivity contribution in [2.24, 2.45) is 5.92 Å². The lowest BCUT2D eigenvalue weighted by Gasteiger charge is -2.31. The number of aryl methyl sites for hydroxylation is 1. The zero-order valence-electron chi connectivity index (χ0n) is 18.5. The van der Waals surface area contributed by atoms with Gasteiger partial charge in [0.05, 0.1) is 18.9 Å². The molecule has 1 saturated heterocycles. The van der Waals surface area contributed by atoms with E-state index in [1.54, 1.807) is 7.11 Å². The third kappa shape index (κ3) is 5.86. The van der Waals surface area contributed by atoms with Gasteiger partial charge in [-0.15, -0.1) is 0 Å². The first kappa shape index (κ1) is 23.3. The number of methoxy groups -OCH3 is 1. The topological polar surface area (TPSA) is 75.7 Å². The van der Waals surface area contributed by atoms with Crippen LogP contribution in [0, 0.1) is 12.8 Å². The molecule has 1 atom stereocenters. The largest absolute Gasteiger partial charge is 0.497 e. The van der Waals surface area contributed by atoms with Crippen LogP contribution >= 0.6 is 0 Å². The molecule has 3 rings (SSSR count). The lowest BCUT2D eigenvalue weighted by molar-refractivity contribution is -0.126. The second-order valence-corrected chi connectivity index (χ2v) is 10.1. The number of hydrogen-bond donors (Lipinski definition) is 1. The average Bonchev–Trinajstić information content (AvgIpc) is 2.79. The molecule has 7 heteroatoms. The molecule has 1 aliphatic rings. The van der Waals surface area contributed by atoms with Crippen LogP contribution < -0.4 is 10.1 Å². The number of piperidine rings is 1. The number of nitrogens with one attached hydrogen (secondary N) is 1. The van der Waals surface area contributed by atoms with Crippen molar-refractivity contribution in [3.05, 3.63) is 65.2 Å².